The van der Waals surface area contributed by atoms with Gasteiger partial charge in [0.1, 0.15) is 5.58 Å². The lowest BCUT2D eigenvalue weighted by atomic mass is 9.91. The van der Waals surface area contributed by atoms with Gasteiger partial charge in [-0.1, -0.05) is 18.2 Å². The molecule has 1 aromatic carbocycles. The number of furan rings is 1. The molecule has 1 aliphatic rings. The van der Waals surface area contributed by atoms with Crippen LogP contribution in [0.25, 0.3) is 22.6 Å². The summed E-state index contributed by atoms with van der Waals surface area (Å²) < 4.78 is 8.21. The van der Waals surface area contributed by atoms with Gasteiger partial charge in [0.2, 0.25) is 0 Å². The van der Waals surface area contributed by atoms with Crippen LogP contribution >= 0.6 is 0 Å². The first-order valence-electron chi connectivity index (χ1n) is 9.44. The number of hydrogen-bond donors (Lipinski definition) is 3. The summed E-state index contributed by atoms with van der Waals surface area (Å²) >= 11 is 0. The first-order chi connectivity index (χ1) is 13.8. The zero-order chi connectivity index (χ0) is 21.4. The summed E-state index contributed by atoms with van der Waals surface area (Å²) in [6.07, 6.45) is 8.32. The van der Waals surface area contributed by atoms with E-state index in [0.717, 1.165) is 62.1 Å². The van der Waals surface area contributed by atoms with Gasteiger partial charge in [0.05, 0.1) is 0 Å². The highest BCUT2D eigenvalue weighted by Gasteiger charge is 2.23. The number of benzene rings is 1. The molecule has 4 N–H and O–H groups in total. The largest absolute Gasteiger partial charge is 0.481 e. The fraction of sp³-hybridized carbons (Fsp3) is 0.381. The second-order valence-corrected chi connectivity index (χ2v) is 6.91. The van der Waals surface area contributed by atoms with E-state index in [-0.39, 0.29) is 0 Å². The molecule has 3 aromatic rings. The van der Waals surface area contributed by atoms with Gasteiger partial charge in [0.15, 0.2) is 11.6 Å². The lowest BCUT2D eigenvalue weighted by molar-refractivity contribution is -0.135. The van der Waals surface area contributed by atoms with Crippen molar-refractivity contribution in [2.45, 2.75) is 51.6 Å². The summed E-state index contributed by atoms with van der Waals surface area (Å²) in [6, 6.07) is 11.0. The molecule has 0 aliphatic heterocycles. The summed E-state index contributed by atoms with van der Waals surface area (Å²) in [7, 11) is 0. The van der Waals surface area contributed by atoms with E-state index in [1.807, 2.05) is 24.4 Å². The van der Waals surface area contributed by atoms with Gasteiger partial charge in [-0.15, -0.1) is 0 Å². The zero-order valence-electron chi connectivity index (χ0n) is 16.6. The molecule has 8 heteroatoms. The number of para-hydroxylation sites is 1. The number of hydrogen-bond acceptors (Lipinski definition) is 5. The van der Waals surface area contributed by atoms with Gasteiger partial charge in [-0.3, -0.25) is 9.59 Å². The van der Waals surface area contributed by atoms with Crippen LogP contribution in [0.1, 0.15) is 45.6 Å². The number of nitrogens with two attached hydrogens (primary N) is 1. The molecule has 2 heterocycles. The predicted molar refractivity (Wildman–Crippen MR) is 110 cm³/mol. The van der Waals surface area contributed by atoms with Gasteiger partial charge in [-0.2, -0.15) is 0 Å². The van der Waals surface area contributed by atoms with Crippen LogP contribution in [0.15, 0.2) is 47.1 Å². The third-order valence-corrected chi connectivity index (χ3v) is 4.45. The van der Waals surface area contributed by atoms with Crippen LogP contribution in [0.3, 0.4) is 0 Å². The number of rotatable bonds is 2. The number of carboxylic acids is 2. The van der Waals surface area contributed by atoms with Gasteiger partial charge < -0.3 is 24.9 Å². The maximum Gasteiger partial charge on any atom is 0.300 e. The Morgan fingerprint density at radius 2 is 1.69 bits per heavy atom. The number of nitrogens with zero attached hydrogens (tertiary/aromatic N) is 2. The molecule has 0 saturated heterocycles. The van der Waals surface area contributed by atoms with E-state index < -0.39 is 11.9 Å². The first kappa shape index (κ1) is 22.2. The fourth-order valence-electron chi connectivity index (χ4n) is 3.27. The van der Waals surface area contributed by atoms with Crippen molar-refractivity contribution in [3.05, 3.63) is 42.7 Å². The molecule has 4 rings (SSSR count). The number of aliphatic carboxylic acids is 2. The topological polar surface area (TPSA) is 132 Å². The van der Waals surface area contributed by atoms with E-state index in [2.05, 4.69) is 27.9 Å². The minimum absolute atomic E-state index is 0.361. The Labute approximate surface area is 169 Å². The maximum absolute atomic E-state index is 9.00. The maximum atomic E-state index is 9.00. The van der Waals surface area contributed by atoms with Crippen molar-refractivity contribution in [2.75, 3.05) is 0 Å². The van der Waals surface area contributed by atoms with Gasteiger partial charge in [-0.05, 0) is 37.8 Å². The Kier molecular flexibility index (Phi) is 7.97. The van der Waals surface area contributed by atoms with E-state index in [1.54, 1.807) is 0 Å². The second-order valence-electron chi connectivity index (χ2n) is 6.91. The second kappa shape index (κ2) is 10.4. The molecule has 0 amide bonds. The SMILES string of the molecule is CC(=O)O.CC(=O)O.NC1CCC(n2ccnc2-c2cc3ccccc3o2)CC1. The van der Waals surface area contributed by atoms with E-state index >= 15 is 0 Å². The van der Waals surface area contributed by atoms with Crippen LogP contribution in [-0.4, -0.2) is 37.7 Å². The number of aromatic nitrogens is 2. The highest BCUT2D eigenvalue weighted by atomic mass is 16.4. The van der Waals surface area contributed by atoms with Crippen LogP contribution in [0.5, 0.6) is 0 Å². The normalized spacial score (nSPS) is 18.2. The van der Waals surface area contributed by atoms with Gasteiger partial charge >= 0.3 is 0 Å². The molecule has 8 nitrogen and oxygen atoms in total. The molecule has 0 atom stereocenters. The summed E-state index contributed by atoms with van der Waals surface area (Å²) in [5, 5.41) is 16.0. The van der Waals surface area contributed by atoms with Gasteiger partial charge in [0, 0.05) is 43.7 Å². The summed E-state index contributed by atoms with van der Waals surface area (Å²) in [4.78, 5) is 22.5. The lowest BCUT2D eigenvalue weighted by Gasteiger charge is -2.27. The zero-order valence-corrected chi connectivity index (χ0v) is 16.6. The van der Waals surface area contributed by atoms with Crippen molar-refractivity contribution in [3.63, 3.8) is 0 Å². The molecular weight excluding hydrogens is 374 g/mol. The first-order valence-corrected chi connectivity index (χ1v) is 9.44. The predicted octanol–water partition coefficient (Wildman–Crippen LogP) is 3.92. The standard InChI is InChI=1S/C17H19N3O.2C2H4O2/c18-13-5-7-14(8-6-13)20-10-9-19-17(20)16-11-12-3-1-2-4-15(12)21-16;2*1-2(3)4/h1-4,9-11,13-14H,5-8,18H2;2*1H3,(H,3,4). The monoisotopic (exact) mass is 401 g/mol. The van der Waals surface area contributed by atoms with Crippen molar-refractivity contribution < 1.29 is 24.2 Å². The molecule has 0 spiro atoms. The molecular formula is C21H27N3O5. The van der Waals surface area contributed by atoms with Crippen molar-refractivity contribution in [3.8, 4) is 11.6 Å². The highest BCUT2D eigenvalue weighted by Crippen LogP contribution is 2.33. The minimum atomic E-state index is -0.833. The average Bonchev–Trinajstić information content (AvgIpc) is 3.28. The third kappa shape index (κ3) is 6.76. The van der Waals surface area contributed by atoms with E-state index in [4.69, 9.17) is 30.0 Å². The Bertz CT molecular complexity index is 886. The highest BCUT2D eigenvalue weighted by molar-refractivity contribution is 5.81. The minimum Gasteiger partial charge on any atom is -0.481 e. The summed E-state index contributed by atoms with van der Waals surface area (Å²) in [5.74, 6) is 0.0998. The summed E-state index contributed by atoms with van der Waals surface area (Å²) in [6.45, 7) is 2.17. The molecule has 2 aromatic heterocycles. The van der Waals surface area contributed by atoms with Crippen molar-refractivity contribution in [1.29, 1.82) is 0 Å². The van der Waals surface area contributed by atoms with Crippen LogP contribution in [0, 0.1) is 0 Å². The molecule has 1 aliphatic carbocycles. The van der Waals surface area contributed by atoms with E-state index in [0.29, 0.717) is 12.1 Å². The molecule has 29 heavy (non-hydrogen) atoms. The van der Waals surface area contributed by atoms with Gasteiger partial charge in [0.25, 0.3) is 11.9 Å². The Hall–Kier alpha value is -3.13. The molecule has 1 fully saturated rings. The van der Waals surface area contributed by atoms with Crippen molar-refractivity contribution in [1.82, 2.24) is 9.55 Å². The molecule has 0 unspecified atom stereocenters. The van der Waals surface area contributed by atoms with E-state index in [1.165, 1.54) is 0 Å². The Morgan fingerprint density at radius 3 is 2.28 bits per heavy atom. The molecule has 0 radical (unpaired) electrons. The average molecular weight is 401 g/mol. The fourth-order valence-corrected chi connectivity index (χ4v) is 3.27. The third-order valence-electron chi connectivity index (χ3n) is 4.45. The van der Waals surface area contributed by atoms with Crippen LogP contribution in [-0.2, 0) is 9.59 Å². The molecule has 0 bridgehead atoms. The van der Waals surface area contributed by atoms with Crippen molar-refractivity contribution in [2.24, 2.45) is 5.73 Å². The summed E-state index contributed by atoms with van der Waals surface area (Å²) in [5.41, 5.74) is 6.92. The smallest absolute Gasteiger partial charge is 0.300 e. The Morgan fingerprint density at radius 1 is 1.10 bits per heavy atom. The number of fused-ring (bicyclic) bond motifs is 1. The van der Waals surface area contributed by atoms with Crippen molar-refractivity contribution >= 4 is 22.9 Å². The quantitative estimate of drug-likeness (QED) is 0.593. The van der Waals surface area contributed by atoms with Gasteiger partial charge in [-0.25, -0.2) is 4.98 Å². The van der Waals surface area contributed by atoms with Crippen LogP contribution in [0.2, 0.25) is 0 Å². The van der Waals surface area contributed by atoms with Crippen LogP contribution in [0.4, 0.5) is 0 Å². The number of carbonyl (C=O) groups is 2. The van der Waals surface area contributed by atoms with E-state index in [9.17, 15) is 0 Å². The molecule has 1 saturated carbocycles. The lowest BCUT2D eigenvalue weighted by Crippen LogP contribution is -2.27. The number of carboxylic acid groups (broad SMARTS) is 2. The molecule has 156 valence electrons. The number of imidazole rings is 1. The Balaban J connectivity index is 0.000000324. The van der Waals surface area contributed by atoms with Crippen LogP contribution < -0.4 is 5.73 Å².